The molecule has 0 aromatic carbocycles. The van der Waals surface area contributed by atoms with Crippen molar-refractivity contribution >= 4 is 5.82 Å². The van der Waals surface area contributed by atoms with Gasteiger partial charge in [0.15, 0.2) is 11.5 Å². The Morgan fingerprint density at radius 2 is 1.89 bits per heavy atom. The van der Waals surface area contributed by atoms with Crippen molar-refractivity contribution in [3.63, 3.8) is 0 Å². The topological polar surface area (TPSA) is 113 Å². The molecule has 3 aliphatic heterocycles. The molecule has 5 heterocycles. The van der Waals surface area contributed by atoms with Crippen molar-refractivity contribution in [1.82, 2.24) is 25.5 Å². The van der Waals surface area contributed by atoms with E-state index < -0.39 is 42.0 Å². The normalized spacial score (nSPS) is 28.5. The first-order valence-corrected chi connectivity index (χ1v) is 12.0. The van der Waals surface area contributed by atoms with Crippen molar-refractivity contribution in [3.05, 3.63) is 35.9 Å². The average molecular weight is 511 g/mol. The molecule has 3 saturated heterocycles. The van der Waals surface area contributed by atoms with Crippen LogP contribution in [0.1, 0.15) is 44.0 Å². The van der Waals surface area contributed by atoms with Crippen molar-refractivity contribution in [2.24, 2.45) is 0 Å². The number of ether oxygens (including phenoxy) is 4. The number of fused-ring (bicyclic) bond motifs is 1. The summed E-state index contributed by atoms with van der Waals surface area (Å²) in [5.41, 5.74) is -0.123. The summed E-state index contributed by atoms with van der Waals surface area (Å²) in [5.74, 6) is -0.154. The highest BCUT2D eigenvalue weighted by molar-refractivity contribution is 5.35. The molecule has 10 nitrogen and oxygen atoms in total. The molecule has 0 aliphatic carbocycles. The lowest BCUT2D eigenvalue weighted by Gasteiger charge is -2.37. The molecule has 0 unspecified atom stereocenters. The predicted molar refractivity (Wildman–Crippen MR) is 120 cm³/mol. The van der Waals surface area contributed by atoms with Crippen molar-refractivity contribution in [1.29, 1.82) is 0 Å². The maximum Gasteiger partial charge on any atom is 0.434 e. The fourth-order valence-corrected chi connectivity index (χ4v) is 4.77. The van der Waals surface area contributed by atoms with Crippen LogP contribution < -0.4 is 15.4 Å². The third kappa shape index (κ3) is 5.69. The standard InChI is InChI=1S/C23H29F3N6O4/c1-22(2)35-20-15(29-18-10-28-9-17(30-18)23(24,25)26)11-33-16(21(20)36-22)12-34-19-4-3-14(31-32-19)13-5-7-27-8-6-13/h3-4,9-10,13,15-16,20-21,27H,5-8,11-12H2,1-2H3,(H,29,30)/t15-,16+,20+,21-/m0/s1. The van der Waals surface area contributed by atoms with E-state index in [4.69, 9.17) is 18.9 Å². The number of anilines is 1. The molecule has 36 heavy (non-hydrogen) atoms. The molecule has 0 amide bonds. The summed E-state index contributed by atoms with van der Waals surface area (Å²) in [6, 6.07) is 3.24. The smallest absolute Gasteiger partial charge is 0.434 e. The van der Waals surface area contributed by atoms with Gasteiger partial charge < -0.3 is 29.6 Å². The van der Waals surface area contributed by atoms with E-state index in [2.05, 4.69) is 30.8 Å². The van der Waals surface area contributed by atoms with Gasteiger partial charge in [0.05, 0.1) is 30.7 Å². The second kappa shape index (κ2) is 10.0. The first-order chi connectivity index (χ1) is 17.2. The van der Waals surface area contributed by atoms with E-state index in [0.717, 1.165) is 31.6 Å². The van der Waals surface area contributed by atoms with Crippen LogP contribution in [-0.2, 0) is 20.4 Å². The lowest BCUT2D eigenvalue weighted by Crippen LogP contribution is -2.55. The zero-order chi connectivity index (χ0) is 25.3. The molecule has 0 saturated carbocycles. The van der Waals surface area contributed by atoms with E-state index in [-0.39, 0.29) is 19.0 Å². The van der Waals surface area contributed by atoms with Gasteiger partial charge in [-0.15, -0.1) is 5.10 Å². The summed E-state index contributed by atoms with van der Waals surface area (Å²) in [7, 11) is 0. The molecule has 2 aromatic heterocycles. The predicted octanol–water partition coefficient (Wildman–Crippen LogP) is 2.53. The van der Waals surface area contributed by atoms with Gasteiger partial charge >= 0.3 is 6.18 Å². The average Bonchev–Trinajstić information content (AvgIpc) is 3.20. The van der Waals surface area contributed by atoms with Crippen molar-refractivity contribution in [3.8, 4) is 5.88 Å². The minimum atomic E-state index is -4.59. The minimum Gasteiger partial charge on any atom is -0.474 e. The van der Waals surface area contributed by atoms with Crippen LogP contribution in [-0.4, -0.2) is 76.6 Å². The van der Waals surface area contributed by atoms with Gasteiger partial charge in [0.1, 0.15) is 30.7 Å². The largest absolute Gasteiger partial charge is 0.474 e. The maximum absolute atomic E-state index is 13.0. The monoisotopic (exact) mass is 510 g/mol. The second-order valence-electron chi connectivity index (χ2n) is 9.61. The number of rotatable bonds is 6. The summed E-state index contributed by atoms with van der Waals surface area (Å²) < 4.78 is 63.1. The summed E-state index contributed by atoms with van der Waals surface area (Å²) in [6.07, 6.45) is -2.13. The fourth-order valence-electron chi connectivity index (χ4n) is 4.77. The minimum absolute atomic E-state index is 0.0238. The zero-order valence-electron chi connectivity index (χ0n) is 20.0. The number of nitrogens with zero attached hydrogens (tertiary/aromatic N) is 4. The molecule has 0 bridgehead atoms. The zero-order valence-corrected chi connectivity index (χ0v) is 20.0. The molecule has 3 aliphatic rings. The molecule has 4 atom stereocenters. The number of alkyl halides is 3. The molecule has 13 heteroatoms. The van der Waals surface area contributed by atoms with Gasteiger partial charge in [-0.2, -0.15) is 18.3 Å². The summed E-state index contributed by atoms with van der Waals surface area (Å²) >= 11 is 0. The highest BCUT2D eigenvalue weighted by atomic mass is 19.4. The van der Waals surface area contributed by atoms with Gasteiger partial charge in [0, 0.05) is 12.0 Å². The van der Waals surface area contributed by atoms with Crippen LogP contribution in [0.5, 0.6) is 5.88 Å². The molecule has 2 N–H and O–H groups in total. The SMILES string of the molecule is CC1(C)O[C@@H]2[C@H](O1)[C@@H](Nc1cncc(C(F)(F)F)n1)CO[C@@H]2COc1ccc(C2CCNCC2)nn1. The fraction of sp³-hybridized carbons (Fsp3) is 0.652. The van der Waals surface area contributed by atoms with E-state index in [9.17, 15) is 13.2 Å². The Morgan fingerprint density at radius 3 is 2.61 bits per heavy atom. The van der Waals surface area contributed by atoms with E-state index in [1.807, 2.05) is 6.07 Å². The van der Waals surface area contributed by atoms with Crippen LogP contribution in [0.3, 0.4) is 0 Å². The highest BCUT2D eigenvalue weighted by Gasteiger charge is 2.52. The van der Waals surface area contributed by atoms with Gasteiger partial charge in [-0.1, -0.05) is 0 Å². The molecule has 3 fully saturated rings. The Kier molecular flexibility index (Phi) is 6.99. The Morgan fingerprint density at radius 1 is 1.11 bits per heavy atom. The maximum atomic E-state index is 13.0. The van der Waals surface area contributed by atoms with E-state index >= 15 is 0 Å². The molecular formula is C23H29F3N6O4. The first-order valence-electron chi connectivity index (χ1n) is 12.0. The third-order valence-corrected chi connectivity index (χ3v) is 6.49. The summed E-state index contributed by atoms with van der Waals surface area (Å²) in [4.78, 5) is 7.28. The van der Waals surface area contributed by atoms with Crippen molar-refractivity contribution < 1.29 is 32.1 Å². The number of halogens is 3. The lowest BCUT2D eigenvalue weighted by molar-refractivity contribution is -0.156. The van der Waals surface area contributed by atoms with E-state index in [1.54, 1.807) is 19.9 Å². The number of aromatic nitrogens is 4. The van der Waals surface area contributed by atoms with Gasteiger partial charge in [0.25, 0.3) is 0 Å². The van der Waals surface area contributed by atoms with Crippen LogP contribution in [0.4, 0.5) is 19.0 Å². The summed E-state index contributed by atoms with van der Waals surface area (Å²) in [6.45, 7) is 5.79. The van der Waals surface area contributed by atoms with Crippen LogP contribution >= 0.6 is 0 Å². The molecular weight excluding hydrogens is 481 g/mol. The molecule has 5 rings (SSSR count). The van der Waals surface area contributed by atoms with Gasteiger partial charge in [-0.25, -0.2) is 4.98 Å². The Labute approximate surface area is 206 Å². The highest BCUT2D eigenvalue weighted by Crippen LogP contribution is 2.37. The number of hydrogen-bond acceptors (Lipinski definition) is 10. The quantitative estimate of drug-likeness (QED) is 0.601. The van der Waals surface area contributed by atoms with Crippen LogP contribution in [0.2, 0.25) is 0 Å². The van der Waals surface area contributed by atoms with Gasteiger partial charge in [-0.05, 0) is 45.8 Å². The Balaban J connectivity index is 1.22. The van der Waals surface area contributed by atoms with Gasteiger partial charge in [-0.3, -0.25) is 4.98 Å². The summed E-state index contributed by atoms with van der Waals surface area (Å²) in [5, 5.41) is 14.8. The molecule has 0 radical (unpaired) electrons. The third-order valence-electron chi connectivity index (χ3n) is 6.49. The molecule has 0 spiro atoms. The second-order valence-corrected chi connectivity index (χ2v) is 9.61. The number of hydrogen-bond donors (Lipinski definition) is 2. The van der Waals surface area contributed by atoms with Crippen molar-refractivity contribution in [2.75, 3.05) is 31.6 Å². The van der Waals surface area contributed by atoms with Gasteiger partial charge in [0.2, 0.25) is 5.88 Å². The van der Waals surface area contributed by atoms with E-state index in [1.165, 1.54) is 6.20 Å². The lowest BCUT2D eigenvalue weighted by atomic mass is 9.94. The first kappa shape index (κ1) is 25.1. The number of nitrogens with one attached hydrogen (secondary N) is 2. The van der Waals surface area contributed by atoms with Crippen molar-refractivity contribution in [2.45, 2.75) is 68.9 Å². The van der Waals surface area contributed by atoms with Crippen LogP contribution in [0.15, 0.2) is 24.5 Å². The van der Waals surface area contributed by atoms with Crippen LogP contribution in [0.25, 0.3) is 0 Å². The van der Waals surface area contributed by atoms with Crippen LogP contribution in [0, 0.1) is 0 Å². The Bertz CT molecular complexity index is 1040. The molecule has 196 valence electrons. The Hall–Kier alpha value is -2.61. The number of piperidine rings is 1. The van der Waals surface area contributed by atoms with E-state index in [0.29, 0.717) is 18.0 Å². The molecule has 2 aromatic rings.